The number of hydrogen-bond acceptors (Lipinski definition) is 3. The van der Waals surface area contributed by atoms with Crippen LogP contribution in [0.15, 0.2) is 30.3 Å². The molecule has 0 radical (unpaired) electrons. The highest BCUT2D eigenvalue weighted by atomic mass is 32.2. The lowest BCUT2D eigenvalue weighted by Gasteiger charge is -1.90. The van der Waals surface area contributed by atoms with Crippen LogP contribution in [0.4, 0.5) is 0 Å². The van der Waals surface area contributed by atoms with Crippen molar-refractivity contribution in [2.45, 2.75) is 6.54 Å². The first-order valence-electron chi connectivity index (χ1n) is 3.19. The molecule has 68 valence electrons. The Morgan fingerprint density at radius 3 is 2.08 bits per heavy atom. The van der Waals surface area contributed by atoms with Crippen molar-refractivity contribution in [2.75, 3.05) is 0 Å². The zero-order valence-electron chi connectivity index (χ0n) is 6.34. The molecule has 3 N–H and O–H groups in total. The van der Waals surface area contributed by atoms with Gasteiger partial charge in [0, 0.05) is 6.54 Å². The highest BCUT2D eigenvalue weighted by Crippen LogP contribution is 1.94. The minimum atomic E-state index is -2.86. The van der Waals surface area contributed by atoms with Crippen molar-refractivity contribution in [3.05, 3.63) is 35.9 Å². The molecule has 1 unspecified atom stereocenters. The van der Waals surface area contributed by atoms with Gasteiger partial charge in [-0.05, 0) is 5.56 Å². The fourth-order valence-corrected chi connectivity index (χ4v) is 0.614. The second kappa shape index (κ2) is 6.93. The monoisotopic (exact) mass is 188 g/mol. The summed E-state index contributed by atoms with van der Waals surface area (Å²) in [4.78, 5) is 0. The zero-order valence-corrected chi connectivity index (χ0v) is 7.16. The van der Waals surface area contributed by atoms with Gasteiger partial charge in [-0.2, -0.15) is 0 Å². The van der Waals surface area contributed by atoms with Crippen molar-refractivity contribution in [3.63, 3.8) is 0 Å². The van der Waals surface area contributed by atoms with Gasteiger partial charge in [0.25, 0.3) is 0 Å². The van der Waals surface area contributed by atoms with E-state index in [1.807, 2.05) is 30.3 Å². The molecule has 1 atom stereocenters. The van der Waals surface area contributed by atoms with Crippen LogP contribution in [0.2, 0.25) is 0 Å². The second-order valence-electron chi connectivity index (χ2n) is 1.91. The average molecular weight is 188 g/mol. The minimum Gasteiger partial charge on any atom is -0.750 e. The molecule has 0 fully saturated rings. The lowest BCUT2D eigenvalue weighted by Crippen LogP contribution is -1.94. The third-order valence-electron chi connectivity index (χ3n) is 1.08. The maximum atomic E-state index is 8.56. The molecule has 0 saturated heterocycles. The zero-order chi connectivity index (χ0) is 9.40. The second-order valence-corrected chi connectivity index (χ2v) is 2.34. The summed E-state index contributed by atoms with van der Waals surface area (Å²) in [6.07, 6.45) is 0. The Hall–Kier alpha value is -0.750. The van der Waals surface area contributed by atoms with Gasteiger partial charge >= 0.3 is 0 Å². The lowest BCUT2D eigenvalue weighted by atomic mass is 10.2. The molecule has 0 aliphatic heterocycles. The van der Waals surface area contributed by atoms with Crippen LogP contribution in [-0.4, -0.2) is 13.3 Å². The van der Waals surface area contributed by atoms with Crippen LogP contribution in [0.25, 0.3) is 0 Å². The van der Waals surface area contributed by atoms with Crippen LogP contribution in [0, 0.1) is 0 Å². The summed E-state index contributed by atoms with van der Waals surface area (Å²) in [5.74, 6) is 0. The van der Waals surface area contributed by atoms with Gasteiger partial charge < -0.3 is 14.8 Å². The Morgan fingerprint density at radius 1 is 1.42 bits per heavy atom. The lowest BCUT2D eigenvalue weighted by molar-refractivity contribution is 0.436. The highest BCUT2D eigenvalue weighted by Gasteiger charge is 1.80. The summed E-state index contributed by atoms with van der Waals surface area (Å²) < 4.78 is 24.1. The first-order valence-corrected chi connectivity index (χ1v) is 4.22. The number of nitrogens with two attached hydrogens (primary N) is 1. The Kier molecular flexibility index (Phi) is 6.50. The molecule has 0 saturated carbocycles. The van der Waals surface area contributed by atoms with E-state index in [0.29, 0.717) is 6.54 Å². The van der Waals surface area contributed by atoms with Gasteiger partial charge in [0.1, 0.15) is 0 Å². The van der Waals surface area contributed by atoms with E-state index in [1.54, 1.807) is 0 Å². The molecule has 0 aromatic heterocycles. The predicted octanol–water partition coefficient (Wildman–Crippen LogP) is 0.484. The highest BCUT2D eigenvalue weighted by molar-refractivity contribution is 7.73. The van der Waals surface area contributed by atoms with E-state index in [2.05, 4.69) is 0 Å². The van der Waals surface area contributed by atoms with Crippen molar-refractivity contribution in [1.29, 1.82) is 0 Å². The topological polar surface area (TPSA) is 86.4 Å². The standard InChI is InChI=1S/C7H9N.H2O3S/c8-6-7-4-2-1-3-5-7;1-4(2)3/h1-5H,6,8H2;(H2,1,2,3)/p-1. The summed E-state index contributed by atoms with van der Waals surface area (Å²) in [6, 6.07) is 9.99. The van der Waals surface area contributed by atoms with E-state index in [-0.39, 0.29) is 0 Å². The molecule has 0 aliphatic carbocycles. The third kappa shape index (κ3) is 7.36. The quantitative estimate of drug-likeness (QED) is 0.628. The van der Waals surface area contributed by atoms with Crippen LogP contribution >= 0.6 is 0 Å². The van der Waals surface area contributed by atoms with Crippen molar-refractivity contribution in [3.8, 4) is 0 Å². The fourth-order valence-electron chi connectivity index (χ4n) is 0.614. The number of rotatable bonds is 1. The summed E-state index contributed by atoms with van der Waals surface area (Å²) in [5.41, 5.74) is 6.54. The van der Waals surface area contributed by atoms with Crippen molar-refractivity contribution in [2.24, 2.45) is 5.73 Å². The van der Waals surface area contributed by atoms with Gasteiger partial charge in [-0.1, -0.05) is 30.3 Å². The van der Waals surface area contributed by atoms with Gasteiger partial charge in [0.2, 0.25) is 0 Å². The van der Waals surface area contributed by atoms with E-state index in [9.17, 15) is 0 Å². The molecule has 1 aromatic rings. The molecule has 0 spiro atoms. The van der Waals surface area contributed by atoms with E-state index < -0.39 is 11.4 Å². The van der Waals surface area contributed by atoms with E-state index in [1.165, 1.54) is 5.56 Å². The van der Waals surface area contributed by atoms with Gasteiger partial charge in [0.15, 0.2) is 0 Å². The molecule has 0 amide bonds. The maximum Gasteiger partial charge on any atom is 0.0814 e. The summed E-state index contributed by atoms with van der Waals surface area (Å²) in [6.45, 7) is 0.640. The number of hydrogen-bond donors (Lipinski definition) is 2. The van der Waals surface area contributed by atoms with Crippen LogP contribution in [0.1, 0.15) is 5.56 Å². The smallest absolute Gasteiger partial charge is 0.0814 e. The number of benzene rings is 1. The Morgan fingerprint density at radius 2 is 1.83 bits per heavy atom. The molecule has 1 aromatic carbocycles. The van der Waals surface area contributed by atoms with Crippen LogP contribution in [0.3, 0.4) is 0 Å². The molecule has 0 aliphatic rings. The maximum absolute atomic E-state index is 8.56. The van der Waals surface area contributed by atoms with Crippen LogP contribution in [0.5, 0.6) is 0 Å². The SMILES string of the molecule is NCc1ccccc1.O=S([O-])O. The first kappa shape index (κ1) is 11.2. The molecular weight excluding hydrogens is 178 g/mol. The Balaban J connectivity index is 0.000000261. The van der Waals surface area contributed by atoms with Gasteiger partial charge in [-0.3, -0.25) is 0 Å². The Bertz CT molecular complexity index is 223. The van der Waals surface area contributed by atoms with Gasteiger partial charge in [0.05, 0.1) is 11.4 Å². The molecule has 5 heteroatoms. The summed E-state index contributed by atoms with van der Waals surface area (Å²) in [5, 5.41) is 0. The van der Waals surface area contributed by atoms with E-state index in [4.69, 9.17) is 19.0 Å². The third-order valence-corrected chi connectivity index (χ3v) is 1.08. The molecule has 0 heterocycles. The average Bonchev–Trinajstić information content (AvgIpc) is 2.05. The molecular formula is C7H10NO3S-. The molecule has 4 nitrogen and oxygen atoms in total. The summed E-state index contributed by atoms with van der Waals surface area (Å²) >= 11 is -2.86. The van der Waals surface area contributed by atoms with Crippen LogP contribution < -0.4 is 5.73 Å². The van der Waals surface area contributed by atoms with Crippen molar-refractivity contribution < 1.29 is 13.3 Å². The summed E-state index contributed by atoms with van der Waals surface area (Å²) in [7, 11) is 0. The normalized spacial score (nSPS) is 11.2. The molecule has 0 bridgehead atoms. The Labute approximate surface area is 73.5 Å². The van der Waals surface area contributed by atoms with Gasteiger partial charge in [-0.25, -0.2) is 4.21 Å². The molecule has 12 heavy (non-hydrogen) atoms. The van der Waals surface area contributed by atoms with Crippen LogP contribution in [-0.2, 0) is 17.9 Å². The van der Waals surface area contributed by atoms with Gasteiger partial charge in [-0.15, -0.1) is 0 Å². The largest absolute Gasteiger partial charge is 0.750 e. The fraction of sp³-hybridized carbons (Fsp3) is 0.143. The van der Waals surface area contributed by atoms with E-state index >= 15 is 0 Å². The molecule has 1 rings (SSSR count). The predicted molar refractivity (Wildman–Crippen MR) is 45.9 cm³/mol. The van der Waals surface area contributed by atoms with E-state index in [0.717, 1.165) is 0 Å². The van der Waals surface area contributed by atoms with Crippen molar-refractivity contribution >= 4 is 11.4 Å². The first-order chi connectivity index (χ1) is 5.66. The minimum absolute atomic E-state index is 0.640. The van der Waals surface area contributed by atoms with Crippen molar-refractivity contribution in [1.82, 2.24) is 0 Å².